The van der Waals surface area contributed by atoms with Crippen molar-refractivity contribution in [3.63, 3.8) is 0 Å². The Morgan fingerprint density at radius 1 is 1.13 bits per heavy atom. The number of amides is 1. The third-order valence-electron chi connectivity index (χ3n) is 4.14. The lowest BCUT2D eigenvalue weighted by atomic mass is 10.2. The van der Waals surface area contributed by atoms with Crippen molar-refractivity contribution >= 4 is 27.6 Å². The Morgan fingerprint density at radius 2 is 1.87 bits per heavy atom. The summed E-state index contributed by atoms with van der Waals surface area (Å²) in [5.41, 5.74) is 0.945. The highest BCUT2D eigenvalue weighted by atomic mass is 32.2. The first-order valence-corrected chi connectivity index (χ1v) is 10.3. The fourth-order valence-electron chi connectivity index (χ4n) is 2.65. The molecule has 30 heavy (non-hydrogen) atoms. The van der Waals surface area contributed by atoms with Crippen molar-refractivity contribution in [1.82, 2.24) is 20.1 Å². The number of hydrogen-bond acceptors (Lipinski definition) is 6. The number of rotatable bonds is 8. The monoisotopic (exact) mass is 429 g/mol. The van der Waals surface area contributed by atoms with Gasteiger partial charge in [-0.3, -0.25) is 14.3 Å². The van der Waals surface area contributed by atoms with Crippen molar-refractivity contribution in [1.29, 1.82) is 0 Å². The van der Waals surface area contributed by atoms with Gasteiger partial charge >= 0.3 is 5.97 Å². The van der Waals surface area contributed by atoms with Gasteiger partial charge in [0.05, 0.1) is 18.3 Å². The summed E-state index contributed by atoms with van der Waals surface area (Å²) in [6.45, 7) is 1.63. The van der Waals surface area contributed by atoms with E-state index >= 15 is 0 Å². The summed E-state index contributed by atoms with van der Waals surface area (Å²) in [4.78, 5) is 26.6. The minimum Gasteiger partial charge on any atom is -0.481 e. The number of nitrogens with one attached hydrogen (secondary N) is 2. The predicted molar refractivity (Wildman–Crippen MR) is 108 cm³/mol. The summed E-state index contributed by atoms with van der Waals surface area (Å²) < 4.78 is 29.4. The number of carbonyl (C=O) groups excluding carboxylic acids is 1. The van der Waals surface area contributed by atoms with Gasteiger partial charge in [-0.05, 0) is 43.3 Å². The van der Waals surface area contributed by atoms with E-state index in [4.69, 9.17) is 5.11 Å². The topological polar surface area (TPSA) is 143 Å². The number of hydrogen-bond donors (Lipinski definition) is 3. The van der Waals surface area contributed by atoms with E-state index in [1.165, 1.54) is 35.1 Å². The Balaban J connectivity index is 1.72. The van der Waals surface area contributed by atoms with Gasteiger partial charge < -0.3 is 10.4 Å². The molecule has 0 spiro atoms. The number of pyridine rings is 1. The van der Waals surface area contributed by atoms with Crippen LogP contribution in [-0.4, -0.2) is 46.7 Å². The molecule has 156 valence electrons. The molecule has 0 saturated heterocycles. The minimum absolute atomic E-state index is 0.00207. The number of anilines is 1. The molecular formula is C19H19N5O5S. The maximum absolute atomic E-state index is 12.8. The molecule has 0 bridgehead atoms. The van der Waals surface area contributed by atoms with Gasteiger partial charge in [-0.2, -0.15) is 5.10 Å². The highest BCUT2D eigenvalue weighted by Crippen LogP contribution is 2.21. The molecular weight excluding hydrogens is 410 g/mol. The zero-order valence-corrected chi connectivity index (χ0v) is 16.8. The first-order valence-electron chi connectivity index (χ1n) is 8.87. The lowest BCUT2D eigenvalue weighted by molar-refractivity contribution is -0.136. The van der Waals surface area contributed by atoms with Crippen molar-refractivity contribution in [2.75, 3.05) is 11.3 Å². The number of sulfonamides is 1. The molecule has 0 fully saturated rings. The van der Waals surface area contributed by atoms with E-state index < -0.39 is 21.9 Å². The van der Waals surface area contributed by atoms with E-state index in [-0.39, 0.29) is 29.1 Å². The van der Waals surface area contributed by atoms with E-state index in [0.29, 0.717) is 11.5 Å². The Morgan fingerprint density at radius 3 is 2.50 bits per heavy atom. The van der Waals surface area contributed by atoms with Gasteiger partial charge in [0.2, 0.25) is 0 Å². The number of carboxylic acids is 1. The van der Waals surface area contributed by atoms with Crippen LogP contribution < -0.4 is 10.0 Å². The molecule has 10 nitrogen and oxygen atoms in total. The quantitative estimate of drug-likeness (QED) is 0.493. The molecule has 0 atom stereocenters. The highest BCUT2D eigenvalue weighted by molar-refractivity contribution is 7.92. The Hall–Kier alpha value is -3.73. The molecule has 3 rings (SSSR count). The van der Waals surface area contributed by atoms with Gasteiger partial charge in [-0.15, -0.1) is 0 Å². The average molecular weight is 429 g/mol. The minimum atomic E-state index is -3.91. The van der Waals surface area contributed by atoms with Crippen molar-refractivity contribution in [2.45, 2.75) is 18.2 Å². The van der Waals surface area contributed by atoms with Gasteiger partial charge in [0.1, 0.15) is 4.90 Å². The molecule has 1 aromatic carbocycles. The lowest BCUT2D eigenvalue weighted by Crippen LogP contribution is -2.25. The maximum Gasteiger partial charge on any atom is 0.305 e. The molecule has 2 heterocycles. The summed E-state index contributed by atoms with van der Waals surface area (Å²) in [5, 5.41) is 15.2. The Kier molecular flexibility index (Phi) is 6.11. The third kappa shape index (κ3) is 4.81. The molecule has 1 amide bonds. The molecule has 0 aliphatic carbocycles. The van der Waals surface area contributed by atoms with E-state index in [0.717, 1.165) is 0 Å². The fraction of sp³-hybridized carbons (Fsp3) is 0.158. The van der Waals surface area contributed by atoms with Crippen LogP contribution in [0.1, 0.15) is 22.5 Å². The SMILES string of the molecule is Cc1c(S(=O)(=O)Nc2ccc(C(=O)NCCC(=O)O)cc2)cnn1-c1ccccn1. The molecule has 3 N–H and O–H groups in total. The first kappa shape index (κ1) is 21.0. The number of nitrogens with zero attached hydrogens (tertiary/aromatic N) is 3. The molecule has 0 saturated carbocycles. The number of carbonyl (C=O) groups is 2. The third-order valence-corrected chi connectivity index (χ3v) is 5.63. The number of benzene rings is 1. The summed E-state index contributed by atoms with van der Waals surface area (Å²) in [6, 6.07) is 11.0. The van der Waals surface area contributed by atoms with Crippen LogP contribution in [0.15, 0.2) is 59.8 Å². The van der Waals surface area contributed by atoms with Crippen molar-refractivity contribution < 1.29 is 23.1 Å². The molecule has 0 unspecified atom stereocenters. The summed E-state index contributed by atoms with van der Waals surface area (Å²) in [5.74, 6) is -0.963. The van der Waals surface area contributed by atoms with Crippen LogP contribution in [0.5, 0.6) is 0 Å². The van der Waals surface area contributed by atoms with Gasteiger partial charge in [-0.25, -0.2) is 18.1 Å². The van der Waals surface area contributed by atoms with Gasteiger partial charge in [0, 0.05) is 24.0 Å². The van der Waals surface area contributed by atoms with Crippen LogP contribution in [0, 0.1) is 6.92 Å². The second-order valence-electron chi connectivity index (χ2n) is 6.28. The number of aromatic nitrogens is 3. The number of carboxylic acid groups (broad SMARTS) is 1. The largest absolute Gasteiger partial charge is 0.481 e. The second kappa shape index (κ2) is 8.74. The Bertz CT molecular complexity index is 1160. The standard InChI is InChI=1S/C19H19N5O5S/c1-13-16(12-22-24(13)17-4-2-3-10-20-17)30(28,29)23-15-7-5-14(6-8-15)19(27)21-11-9-18(25)26/h2-8,10,12,23H,9,11H2,1H3,(H,21,27)(H,25,26). The molecule has 0 aliphatic rings. The lowest BCUT2D eigenvalue weighted by Gasteiger charge is -2.09. The van der Waals surface area contributed by atoms with Crippen LogP contribution in [0.2, 0.25) is 0 Å². The van der Waals surface area contributed by atoms with Gasteiger partial charge in [-0.1, -0.05) is 6.07 Å². The van der Waals surface area contributed by atoms with E-state index in [2.05, 4.69) is 20.1 Å². The summed E-state index contributed by atoms with van der Waals surface area (Å²) >= 11 is 0. The fourth-order valence-corrected chi connectivity index (χ4v) is 3.87. The normalized spacial score (nSPS) is 11.1. The van der Waals surface area contributed by atoms with E-state index in [1.807, 2.05) is 0 Å². The molecule has 2 aromatic heterocycles. The van der Waals surface area contributed by atoms with Crippen LogP contribution in [0.3, 0.4) is 0 Å². The van der Waals surface area contributed by atoms with Gasteiger partial charge in [0.25, 0.3) is 15.9 Å². The molecule has 0 aliphatic heterocycles. The Labute approximate surface area is 172 Å². The highest BCUT2D eigenvalue weighted by Gasteiger charge is 2.22. The first-order chi connectivity index (χ1) is 14.3. The molecule has 3 aromatic rings. The molecule has 11 heteroatoms. The van der Waals surface area contributed by atoms with Crippen molar-refractivity contribution in [3.8, 4) is 5.82 Å². The van der Waals surface area contributed by atoms with Crippen LogP contribution in [-0.2, 0) is 14.8 Å². The molecule has 0 radical (unpaired) electrons. The zero-order valence-electron chi connectivity index (χ0n) is 15.9. The number of aliphatic carboxylic acids is 1. The van der Waals surface area contributed by atoms with Crippen LogP contribution in [0.25, 0.3) is 5.82 Å². The smallest absolute Gasteiger partial charge is 0.305 e. The second-order valence-corrected chi connectivity index (χ2v) is 7.93. The van der Waals surface area contributed by atoms with Crippen LogP contribution >= 0.6 is 0 Å². The van der Waals surface area contributed by atoms with E-state index in [9.17, 15) is 18.0 Å². The van der Waals surface area contributed by atoms with Crippen molar-refractivity contribution in [2.24, 2.45) is 0 Å². The predicted octanol–water partition coefficient (Wildman–Crippen LogP) is 1.58. The summed E-state index contributed by atoms with van der Waals surface area (Å²) in [6.07, 6.45) is 2.65. The average Bonchev–Trinajstić information content (AvgIpc) is 3.11. The zero-order chi connectivity index (χ0) is 21.7. The summed E-state index contributed by atoms with van der Waals surface area (Å²) in [7, 11) is -3.91. The van der Waals surface area contributed by atoms with Crippen LogP contribution in [0.4, 0.5) is 5.69 Å². The van der Waals surface area contributed by atoms with E-state index in [1.54, 1.807) is 31.3 Å². The van der Waals surface area contributed by atoms with Crippen molar-refractivity contribution in [3.05, 3.63) is 66.1 Å². The van der Waals surface area contributed by atoms with Gasteiger partial charge in [0.15, 0.2) is 5.82 Å². The maximum atomic E-state index is 12.8.